The van der Waals surface area contributed by atoms with Gasteiger partial charge in [-0.1, -0.05) is 12.1 Å². The number of anilines is 1. The third-order valence-corrected chi connectivity index (χ3v) is 4.44. The largest absolute Gasteiger partial charge is 0.440 e. The van der Waals surface area contributed by atoms with Gasteiger partial charge in [-0.25, -0.2) is 9.67 Å². The molecule has 1 aromatic carbocycles. The third kappa shape index (κ3) is 2.15. The lowest BCUT2D eigenvalue weighted by molar-refractivity contribution is 0.403. The van der Waals surface area contributed by atoms with Crippen molar-refractivity contribution in [3.63, 3.8) is 0 Å². The van der Waals surface area contributed by atoms with Gasteiger partial charge >= 0.3 is 0 Å². The summed E-state index contributed by atoms with van der Waals surface area (Å²) in [6, 6.07) is 6.11. The summed E-state index contributed by atoms with van der Waals surface area (Å²) < 4.78 is 7.85. The Labute approximate surface area is 128 Å². The van der Waals surface area contributed by atoms with Crippen LogP contribution in [0, 0.1) is 6.92 Å². The molecule has 0 saturated carbocycles. The van der Waals surface area contributed by atoms with E-state index in [4.69, 9.17) is 4.42 Å². The van der Waals surface area contributed by atoms with E-state index in [2.05, 4.69) is 33.0 Å². The normalized spacial score (nSPS) is 16.5. The molecule has 0 atom stereocenters. The average Bonchev–Trinajstić information content (AvgIpc) is 3.14. The maximum Gasteiger partial charge on any atom is 0.223 e. The van der Waals surface area contributed by atoms with Gasteiger partial charge in [0.1, 0.15) is 11.8 Å². The number of aromatic nitrogens is 4. The minimum atomic E-state index is 0.385. The molecule has 1 saturated heterocycles. The molecule has 3 aromatic rings. The lowest BCUT2D eigenvalue weighted by Crippen LogP contribution is -2.34. The molecule has 3 heterocycles. The Bertz CT molecular complexity index is 798. The van der Waals surface area contributed by atoms with Crippen molar-refractivity contribution in [1.29, 1.82) is 0 Å². The van der Waals surface area contributed by atoms with Crippen LogP contribution in [-0.2, 0) is 7.05 Å². The monoisotopic (exact) mass is 297 g/mol. The fourth-order valence-corrected chi connectivity index (χ4v) is 3.18. The van der Waals surface area contributed by atoms with Crippen LogP contribution in [0.1, 0.15) is 30.2 Å². The molecular weight excluding hydrogens is 278 g/mol. The van der Waals surface area contributed by atoms with Crippen LogP contribution in [0.3, 0.4) is 0 Å². The van der Waals surface area contributed by atoms with E-state index in [1.807, 2.05) is 23.9 Å². The van der Waals surface area contributed by atoms with Gasteiger partial charge in [-0.2, -0.15) is 10.1 Å². The van der Waals surface area contributed by atoms with E-state index in [0.717, 1.165) is 54.4 Å². The standard InChI is InChI=1S/C16H19N5O/c1-11-4-3-5-13-14(11)22-15(19-13)12-6-8-21(9-7-12)16-17-10-18-20(16)2/h3-5,10,12H,6-9H2,1-2H3. The highest BCUT2D eigenvalue weighted by atomic mass is 16.3. The number of rotatable bonds is 2. The topological polar surface area (TPSA) is 60.0 Å². The Hall–Kier alpha value is -2.37. The first kappa shape index (κ1) is 13.3. The Kier molecular flexibility index (Phi) is 3.10. The number of piperidine rings is 1. The SMILES string of the molecule is Cc1cccc2nc(C3CCN(c4ncnn4C)CC3)oc12. The Morgan fingerprint density at radius 2 is 2.05 bits per heavy atom. The molecule has 0 radical (unpaired) electrons. The Morgan fingerprint density at radius 1 is 1.23 bits per heavy atom. The highest BCUT2D eigenvalue weighted by Gasteiger charge is 2.26. The van der Waals surface area contributed by atoms with Gasteiger partial charge in [-0.3, -0.25) is 0 Å². The molecular formula is C16H19N5O. The number of hydrogen-bond donors (Lipinski definition) is 0. The molecule has 0 aliphatic carbocycles. The van der Waals surface area contributed by atoms with E-state index in [-0.39, 0.29) is 0 Å². The minimum Gasteiger partial charge on any atom is -0.440 e. The quantitative estimate of drug-likeness (QED) is 0.727. The van der Waals surface area contributed by atoms with Gasteiger partial charge in [0.15, 0.2) is 11.5 Å². The van der Waals surface area contributed by atoms with Gasteiger partial charge in [0.2, 0.25) is 5.95 Å². The number of nitrogens with zero attached hydrogens (tertiary/aromatic N) is 5. The predicted molar refractivity (Wildman–Crippen MR) is 83.9 cm³/mol. The van der Waals surface area contributed by atoms with Crippen molar-refractivity contribution in [2.75, 3.05) is 18.0 Å². The number of fused-ring (bicyclic) bond motifs is 1. The summed E-state index contributed by atoms with van der Waals surface area (Å²) in [6.45, 7) is 3.97. The molecule has 4 rings (SSSR count). The highest BCUT2D eigenvalue weighted by molar-refractivity contribution is 5.76. The Balaban J connectivity index is 1.53. The summed E-state index contributed by atoms with van der Waals surface area (Å²) in [4.78, 5) is 11.3. The summed E-state index contributed by atoms with van der Waals surface area (Å²) in [5.41, 5.74) is 3.03. The molecule has 6 nitrogen and oxygen atoms in total. The number of aryl methyl sites for hydroxylation is 2. The summed E-state index contributed by atoms with van der Waals surface area (Å²) >= 11 is 0. The van der Waals surface area contributed by atoms with Gasteiger partial charge in [0, 0.05) is 26.1 Å². The number of oxazole rings is 1. The molecule has 2 aromatic heterocycles. The molecule has 0 amide bonds. The molecule has 22 heavy (non-hydrogen) atoms. The van der Waals surface area contributed by atoms with Crippen molar-refractivity contribution in [2.24, 2.45) is 7.05 Å². The van der Waals surface area contributed by atoms with Gasteiger partial charge in [0.05, 0.1) is 0 Å². The van der Waals surface area contributed by atoms with Gasteiger partial charge in [0.25, 0.3) is 0 Å². The van der Waals surface area contributed by atoms with Gasteiger partial charge < -0.3 is 9.32 Å². The summed E-state index contributed by atoms with van der Waals surface area (Å²) in [7, 11) is 1.93. The number of hydrogen-bond acceptors (Lipinski definition) is 5. The van der Waals surface area contributed by atoms with Crippen molar-refractivity contribution in [3.05, 3.63) is 36.0 Å². The average molecular weight is 297 g/mol. The molecule has 0 spiro atoms. The number of para-hydroxylation sites is 1. The Morgan fingerprint density at radius 3 is 2.73 bits per heavy atom. The predicted octanol–water partition coefficient (Wildman–Crippen LogP) is 2.65. The minimum absolute atomic E-state index is 0.385. The van der Waals surface area contributed by atoms with Crippen molar-refractivity contribution in [3.8, 4) is 0 Å². The molecule has 0 bridgehead atoms. The molecule has 114 valence electrons. The van der Waals surface area contributed by atoms with E-state index in [1.54, 1.807) is 6.33 Å². The maximum absolute atomic E-state index is 6.03. The van der Waals surface area contributed by atoms with E-state index in [9.17, 15) is 0 Å². The zero-order valence-electron chi connectivity index (χ0n) is 12.9. The second kappa shape index (κ2) is 5.12. The zero-order valence-corrected chi connectivity index (χ0v) is 12.9. The zero-order chi connectivity index (χ0) is 15.1. The van der Waals surface area contributed by atoms with E-state index in [0.29, 0.717) is 5.92 Å². The maximum atomic E-state index is 6.03. The fraction of sp³-hybridized carbons (Fsp3) is 0.438. The van der Waals surface area contributed by atoms with Crippen LogP contribution in [0.5, 0.6) is 0 Å². The van der Waals surface area contributed by atoms with Crippen LogP contribution in [0.15, 0.2) is 28.9 Å². The smallest absolute Gasteiger partial charge is 0.223 e. The molecule has 0 unspecified atom stereocenters. The first-order valence-corrected chi connectivity index (χ1v) is 7.67. The van der Waals surface area contributed by atoms with Crippen LogP contribution in [0.4, 0.5) is 5.95 Å². The highest BCUT2D eigenvalue weighted by Crippen LogP contribution is 2.31. The van der Waals surface area contributed by atoms with Crippen molar-refractivity contribution in [1.82, 2.24) is 19.7 Å². The fourth-order valence-electron chi connectivity index (χ4n) is 3.18. The molecule has 0 N–H and O–H groups in total. The lowest BCUT2D eigenvalue weighted by atomic mass is 9.97. The van der Waals surface area contributed by atoms with E-state index < -0.39 is 0 Å². The van der Waals surface area contributed by atoms with Crippen LogP contribution >= 0.6 is 0 Å². The van der Waals surface area contributed by atoms with Crippen LogP contribution in [0.25, 0.3) is 11.1 Å². The van der Waals surface area contributed by atoms with Gasteiger partial charge in [-0.05, 0) is 31.4 Å². The van der Waals surface area contributed by atoms with E-state index in [1.165, 1.54) is 0 Å². The summed E-state index contributed by atoms with van der Waals surface area (Å²) in [6.07, 6.45) is 3.66. The van der Waals surface area contributed by atoms with Crippen molar-refractivity contribution >= 4 is 17.0 Å². The first-order chi connectivity index (χ1) is 10.7. The molecule has 1 fully saturated rings. The second-order valence-corrected chi connectivity index (χ2v) is 5.92. The molecule has 1 aliphatic heterocycles. The second-order valence-electron chi connectivity index (χ2n) is 5.92. The third-order valence-electron chi connectivity index (χ3n) is 4.44. The van der Waals surface area contributed by atoms with Gasteiger partial charge in [-0.15, -0.1) is 0 Å². The van der Waals surface area contributed by atoms with Crippen molar-refractivity contribution < 1.29 is 4.42 Å². The van der Waals surface area contributed by atoms with Crippen molar-refractivity contribution in [2.45, 2.75) is 25.7 Å². The molecule has 6 heteroatoms. The summed E-state index contributed by atoms with van der Waals surface area (Å²) in [5.74, 6) is 2.20. The van der Waals surface area contributed by atoms with Crippen LogP contribution in [-0.4, -0.2) is 32.8 Å². The van der Waals surface area contributed by atoms with Crippen LogP contribution < -0.4 is 4.90 Å². The van der Waals surface area contributed by atoms with E-state index >= 15 is 0 Å². The first-order valence-electron chi connectivity index (χ1n) is 7.67. The lowest BCUT2D eigenvalue weighted by Gasteiger charge is -2.30. The molecule has 1 aliphatic rings. The number of benzene rings is 1. The van der Waals surface area contributed by atoms with Crippen LogP contribution in [0.2, 0.25) is 0 Å². The summed E-state index contributed by atoms with van der Waals surface area (Å²) in [5, 5.41) is 4.14.